The van der Waals surface area contributed by atoms with Crippen LogP contribution in [-0.4, -0.2) is 14.1 Å². The van der Waals surface area contributed by atoms with Crippen LogP contribution in [0.1, 0.15) is 37.8 Å². The summed E-state index contributed by atoms with van der Waals surface area (Å²) in [5, 5.41) is 3.97. The fourth-order valence-corrected chi connectivity index (χ4v) is 5.94. The molecule has 32 heavy (non-hydrogen) atoms. The van der Waals surface area contributed by atoms with Crippen LogP contribution < -0.4 is 10.6 Å². The lowest BCUT2D eigenvalue weighted by molar-refractivity contribution is 0.661. The summed E-state index contributed by atoms with van der Waals surface area (Å²) in [6.07, 6.45) is 6.97. The van der Waals surface area contributed by atoms with Crippen molar-refractivity contribution in [2.75, 3.05) is 0 Å². The number of fused-ring (bicyclic) bond motifs is 7. The third-order valence-corrected chi connectivity index (χ3v) is 7.56. The molecule has 0 unspecified atom stereocenters. The highest BCUT2D eigenvalue weighted by molar-refractivity contribution is 5.94. The van der Waals surface area contributed by atoms with Crippen molar-refractivity contribution in [1.29, 1.82) is 0 Å². The van der Waals surface area contributed by atoms with E-state index in [2.05, 4.69) is 103 Å². The Balaban J connectivity index is 1.65. The van der Waals surface area contributed by atoms with Gasteiger partial charge in [-0.05, 0) is 59.4 Å². The molecule has 2 aliphatic rings. The van der Waals surface area contributed by atoms with Gasteiger partial charge in [-0.1, -0.05) is 62.4 Å². The van der Waals surface area contributed by atoms with E-state index in [0.717, 1.165) is 29.8 Å². The summed E-state index contributed by atoms with van der Waals surface area (Å²) in [5.41, 5.74) is 9.00. The van der Waals surface area contributed by atoms with Gasteiger partial charge in [0, 0.05) is 23.1 Å². The van der Waals surface area contributed by atoms with Crippen molar-refractivity contribution in [3.05, 3.63) is 82.4 Å². The molecule has 0 fully saturated rings. The number of aromatic nitrogens is 3. The van der Waals surface area contributed by atoms with Gasteiger partial charge in [0.2, 0.25) is 5.95 Å². The van der Waals surface area contributed by atoms with Gasteiger partial charge in [0.1, 0.15) is 0 Å². The molecule has 3 heteroatoms. The Morgan fingerprint density at radius 3 is 2.47 bits per heavy atom. The molecule has 0 saturated heterocycles. The largest absolute Gasteiger partial charge is 0.313 e. The smallest absolute Gasteiger partial charge is 0.215 e. The van der Waals surface area contributed by atoms with E-state index in [4.69, 9.17) is 4.98 Å². The maximum absolute atomic E-state index is 5.07. The van der Waals surface area contributed by atoms with E-state index >= 15 is 0 Å². The monoisotopic (exact) mass is 415 g/mol. The quantitative estimate of drug-likeness (QED) is 0.370. The van der Waals surface area contributed by atoms with Gasteiger partial charge in [0.05, 0.1) is 21.9 Å². The van der Waals surface area contributed by atoms with Crippen LogP contribution in [-0.2, 0) is 12.5 Å². The molecule has 7 rings (SSSR count). The zero-order valence-corrected chi connectivity index (χ0v) is 18.7. The van der Waals surface area contributed by atoms with Crippen LogP contribution in [0.15, 0.2) is 60.7 Å². The van der Waals surface area contributed by atoms with Crippen molar-refractivity contribution in [2.45, 2.75) is 32.1 Å². The average molecular weight is 416 g/mol. The van der Waals surface area contributed by atoms with Gasteiger partial charge >= 0.3 is 0 Å². The topological polar surface area (TPSA) is 22.8 Å². The molecule has 0 N–H and O–H groups in total. The van der Waals surface area contributed by atoms with E-state index in [9.17, 15) is 0 Å². The number of imidazole rings is 1. The molecule has 0 spiro atoms. The maximum atomic E-state index is 5.07. The molecule has 0 aliphatic heterocycles. The predicted octanol–water partition coefficient (Wildman–Crippen LogP) is 5.18. The zero-order chi connectivity index (χ0) is 21.6. The van der Waals surface area contributed by atoms with Crippen molar-refractivity contribution in [2.24, 2.45) is 7.05 Å². The lowest BCUT2D eigenvalue weighted by Gasteiger charge is -2.21. The van der Waals surface area contributed by atoms with Crippen LogP contribution in [0, 0.1) is 0 Å². The Kier molecular flexibility index (Phi) is 3.38. The second-order valence-corrected chi connectivity index (χ2v) is 9.66. The number of rotatable bonds is 1. The minimum atomic E-state index is 0.00534. The number of para-hydroxylation sites is 2. The van der Waals surface area contributed by atoms with Crippen molar-refractivity contribution < 1.29 is 0 Å². The van der Waals surface area contributed by atoms with Gasteiger partial charge < -0.3 is 4.57 Å². The normalized spacial score (nSPS) is 15.8. The number of benzene rings is 3. The average Bonchev–Trinajstić information content (AvgIpc) is 3.39. The first-order valence-electron chi connectivity index (χ1n) is 11.5. The van der Waals surface area contributed by atoms with E-state index in [1.807, 2.05) is 0 Å². The third-order valence-electron chi connectivity index (χ3n) is 7.56. The number of hydrogen-bond donors (Lipinski definition) is 0. The first-order chi connectivity index (χ1) is 15.6. The summed E-state index contributed by atoms with van der Waals surface area (Å²) in [4.78, 5) is 5.07. The molecule has 2 aromatic heterocycles. The van der Waals surface area contributed by atoms with Crippen LogP contribution >= 0.6 is 0 Å². The molecule has 5 aromatic rings. The van der Waals surface area contributed by atoms with Crippen molar-refractivity contribution >= 4 is 34.1 Å². The van der Waals surface area contributed by atoms with E-state index in [1.165, 1.54) is 43.7 Å². The predicted molar refractivity (Wildman–Crippen MR) is 133 cm³/mol. The molecule has 0 amide bonds. The molecule has 0 saturated carbocycles. The van der Waals surface area contributed by atoms with Crippen LogP contribution in [0.25, 0.3) is 51.2 Å². The Morgan fingerprint density at radius 2 is 1.59 bits per heavy atom. The van der Waals surface area contributed by atoms with Crippen molar-refractivity contribution in [1.82, 2.24) is 14.1 Å². The maximum Gasteiger partial charge on any atom is 0.215 e. The zero-order valence-electron chi connectivity index (χ0n) is 18.7. The number of hydrogen-bond acceptors (Lipinski definition) is 1. The lowest BCUT2D eigenvalue weighted by atomic mass is 9.82. The van der Waals surface area contributed by atoms with Crippen molar-refractivity contribution in [3.8, 4) is 17.1 Å². The van der Waals surface area contributed by atoms with E-state index < -0.39 is 0 Å². The number of aryl methyl sites for hydroxylation is 1. The summed E-state index contributed by atoms with van der Waals surface area (Å²) in [6, 6.07) is 22.2. The molecular weight excluding hydrogens is 390 g/mol. The van der Waals surface area contributed by atoms with E-state index in [-0.39, 0.29) is 5.41 Å². The van der Waals surface area contributed by atoms with Gasteiger partial charge in [0.25, 0.3) is 0 Å². The van der Waals surface area contributed by atoms with Crippen molar-refractivity contribution in [3.63, 3.8) is 0 Å². The van der Waals surface area contributed by atoms with Gasteiger partial charge in [-0.2, -0.15) is 0 Å². The van der Waals surface area contributed by atoms with Crippen LogP contribution in [0.5, 0.6) is 0 Å². The second kappa shape index (κ2) is 6.01. The Morgan fingerprint density at radius 1 is 0.812 bits per heavy atom. The minimum absolute atomic E-state index is 0.00534. The molecule has 156 valence electrons. The number of nitrogens with zero attached hydrogens (tertiary/aromatic N) is 3. The second-order valence-electron chi connectivity index (χ2n) is 9.66. The molecule has 0 bridgehead atoms. The Labute approximate surface area is 186 Å². The SMILES string of the molecule is Cn1c(-n2c3c(c4cc5c(cc42)-c2ccccc2C5(C)C)=CCCC=3)nc2ccccc21. The first-order valence-corrected chi connectivity index (χ1v) is 11.5. The molecule has 0 atom stereocenters. The summed E-state index contributed by atoms with van der Waals surface area (Å²) in [6.45, 7) is 4.71. The summed E-state index contributed by atoms with van der Waals surface area (Å²) >= 11 is 0. The van der Waals surface area contributed by atoms with E-state index in [0.29, 0.717) is 0 Å². The molecule has 3 aromatic carbocycles. The van der Waals surface area contributed by atoms with Crippen LogP contribution in [0.4, 0.5) is 0 Å². The van der Waals surface area contributed by atoms with Crippen LogP contribution in [0.2, 0.25) is 0 Å². The third kappa shape index (κ3) is 2.13. The van der Waals surface area contributed by atoms with E-state index in [1.54, 1.807) is 0 Å². The lowest BCUT2D eigenvalue weighted by Crippen LogP contribution is -2.31. The van der Waals surface area contributed by atoms with Crippen LogP contribution in [0.3, 0.4) is 0 Å². The fourth-order valence-electron chi connectivity index (χ4n) is 5.94. The molecular formula is C29H25N3. The first kappa shape index (κ1) is 18.0. The van der Waals surface area contributed by atoms with Gasteiger partial charge in [-0.15, -0.1) is 0 Å². The summed E-state index contributed by atoms with van der Waals surface area (Å²) in [7, 11) is 2.13. The summed E-state index contributed by atoms with van der Waals surface area (Å²) in [5.74, 6) is 0.981. The minimum Gasteiger partial charge on any atom is -0.313 e. The molecule has 2 heterocycles. The van der Waals surface area contributed by atoms with Gasteiger partial charge in [-0.25, -0.2) is 4.98 Å². The molecule has 3 nitrogen and oxygen atoms in total. The highest BCUT2D eigenvalue weighted by atomic mass is 15.2. The highest BCUT2D eigenvalue weighted by Gasteiger charge is 2.36. The Bertz CT molecular complexity index is 1710. The van der Waals surface area contributed by atoms with Gasteiger partial charge in [0.15, 0.2) is 0 Å². The molecule has 0 radical (unpaired) electrons. The fraction of sp³-hybridized carbons (Fsp3) is 0.207. The Hall–Kier alpha value is -3.59. The van der Waals surface area contributed by atoms with Gasteiger partial charge in [-0.3, -0.25) is 4.57 Å². The molecule has 2 aliphatic carbocycles. The summed E-state index contributed by atoms with van der Waals surface area (Å²) < 4.78 is 4.61. The standard InChI is InChI=1S/C29H25N3/c1-29(2)22-12-6-4-10-18(22)20-17-27-21(16-23(20)29)19-11-5-8-14-25(19)32(27)28-30-24-13-7-9-15-26(24)31(28)3/h4,6-7,9-17H,5,8H2,1-3H3. The highest BCUT2D eigenvalue weighted by Crippen LogP contribution is 2.49.